The summed E-state index contributed by atoms with van der Waals surface area (Å²) in [5, 5.41) is 0.625. The van der Waals surface area contributed by atoms with Gasteiger partial charge in [0.25, 0.3) is 0 Å². The lowest BCUT2D eigenvalue weighted by atomic mass is 10.2. The summed E-state index contributed by atoms with van der Waals surface area (Å²) in [6.45, 7) is 3.16. The molecule has 1 aromatic rings. The first-order chi connectivity index (χ1) is 7.75. The maximum absolute atomic E-state index is 6.04. The van der Waals surface area contributed by atoms with E-state index in [-0.39, 0.29) is 0 Å². The van der Waals surface area contributed by atoms with Crippen LogP contribution in [0.15, 0.2) is 28.2 Å². The van der Waals surface area contributed by atoms with Gasteiger partial charge in [0.2, 0.25) is 0 Å². The lowest BCUT2D eigenvalue weighted by Crippen LogP contribution is -2.13. The molecular formula is C12H13ClN2O. The number of ether oxygens (including phenoxy) is 1. The molecule has 0 radical (unpaired) electrons. The Morgan fingerprint density at radius 1 is 1.44 bits per heavy atom. The molecule has 0 N–H and O–H groups in total. The highest BCUT2D eigenvalue weighted by atomic mass is 35.5. The van der Waals surface area contributed by atoms with Gasteiger partial charge in [-0.1, -0.05) is 17.7 Å². The summed E-state index contributed by atoms with van der Waals surface area (Å²) in [5.41, 5.74) is 1.12. The summed E-state index contributed by atoms with van der Waals surface area (Å²) in [4.78, 5) is 8.39. The van der Waals surface area contributed by atoms with Gasteiger partial charge < -0.3 is 4.74 Å². The minimum Gasteiger partial charge on any atom is -0.484 e. The third-order valence-corrected chi connectivity index (χ3v) is 2.53. The number of hydrogen-bond acceptors (Lipinski definition) is 3. The molecule has 1 aromatic carbocycles. The number of aliphatic imine (C=N–C) groups is 2. The van der Waals surface area contributed by atoms with Crippen molar-refractivity contribution in [2.45, 2.75) is 13.3 Å². The fourth-order valence-corrected chi connectivity index (χ4v) is 1.70. The molecule has 1 heterocycles. The van der Waals surface area contributed by atoms with Crippen molar-refractivity contribution in [1.29, 1.82) is 0 Å². The third-order valence-electron chi connectivity index (χ3n) is 2.24. The molecule has 1 aliphatic rings. The molecule has 0 aromatic heterocycles. The van der Waals surface area contributed by atoms with Crippen LogP contribution in [-0.2, 0) is 0 Å². The Bertz CT molecular complexity index is 441. The second-order valence-corrected chi connectivity index (χ2v) is 4.03. The predicted molar refractivity (Wildman–Crippen MR) is 67.1 cm³/mol. The SMILES string of the molecule is Cc1ccc(OCC2=NCCC=N2)c(Cl)c1. The number of aryl methyl sites for hydroxylation is 1. The summed E-state index contributed by atoms with van der Waals surface area (Å²) in [5.74, 6) is 1.40. The first-order valence-electron chi connectivity index (χ1n) is 5.20. The molecule has 0 saturated heterocycles. The maximum atomic E-state index is 6.04. The van der Waals surface area contributed by atoms with E-state index >= 15 is 0 Å². The maximum Gasteiger partial charge on any atom is 0.161 e. The molecule has 84 valence electrons. The molecule has 0 atom stereocenters. The van der Waals surface area contributed by atoms with Crippen LogP contribution in [0.25, 0.3) is 0 Å². The van der Waals surface area contributed by atoms with Crippen LogP contribution in [0.3, 0.4) is 0 Å². The van der Waals surface area contributed by atoms with Crippen molar-refractivity contribution in [2.24, 2.45) is 9.98 Å². The van der Waals surface area contributed by atoms with Gasteiger partial charge in [-0.15, -0.1) is 0 Å². The van der Waals surface area contributed by atoms with Gasteiger partial charge in [0.05, 0.1) is 5.02 Å². The van der Waals surface area contributed by atoms with Gasteiger partial charge in [-0.25, -0.2) is 4.99 Å². The highest BCUT2D eigenvalue weighted by Crippen LogP contribution is 2.25. The van der Waals surface area contributed by atoms with Gasteiger partial charge >= 0.3 is 0 Å². The number of nitrogens with zero attached hydrogens (tertiary/aromatic N) is 2. The van der Waals surface area contributed by atoms with E-state index in [2.05, 4.69) is 9.98 Å². The van der Waals surface area contributed by atoms with Gasteiger partial charge in [-0.3, -0.25) is 4.99 Å². The second kappa shape index (κ2) is 5.12. The van der Waals surface area contributed by atoms with Crippen LogP contribution in [0.1, 0.15) is 12.0 Å². The molecule has 2 rings (SSSR count). The van der Waals surface area contributed by atoms with E-state index < -0.39 is 0 Å². The number of rotatable bonds is 3. The Kier molecular flexibility index (Phi) is 3.57. The Labute approximate surface area is 99.8 Å². The van der Waals surface area contributed by atoms with Crippen molar-refractivity contribution in [2.75, 3.05) is 13.2 Å². The summed E-state index contributed by atoms with van der Waals surface area (Å²) in [6, 6.07) is 5.71. The molecule has 16 heavy (non-hydrogen) atoms. The number of halogens is 1. The number of amidine groups is 1. The van der Waals surface area contributed by atoms with Gasteiger partial charge in [-0.05, 0) is 24.6 Å². The minimum atomic E-state index is 0.374. The van der Waals surface area contributed by atoms with Gasteiger partial charge in [0, 0.05) is 19.2 Å². The molecule has 0 unspecified atom stereocenters. The van der Waals surface area contributed by atoms with E-state index in [9.17, 15) is 0 Å². The Hall–Kier alpha value is -1.35. The molecule has 3 nitrogen and oxygen atoms in total. The van der Waals surface area contributed by atoms with E-state index in [0.29, 0.717) is 17.4 Å². The molecule has 0 amide bonds. The molecule has 0 fully saturated rings. The molecular weight excluding hydrogens is 224 g/mol. The van der Waals surface area contributed by atoms with Crippen molar-refractivity contribution >= 4 is 23.7 Å². The van der Waals surface area contributed by atoms with E-state index in [1.807, 2.05) is 31.3 Å². The van der Waals surface area contributed by atoms with Crippen molar-refractivity contribution in [3.63, 3.8) is 0 Å². The van der Waals surface area contributed by atoms with Crippen LogP contribution in [0.4, 0.5) is 0 Å². The van der Waals surface area contributed by atoms with Crippen molar-refractivity contribution in [3.05, 3.63) is 28.8 Å². The summed E-state index contributed by atoms with van der Waals surface area (Å²) in [7, 11) is 0. The lowest BCUT2D eigenvalue weighted by molar-refractivity contribution is 0.375. The highest BCUT2D eigenvalue weighted by molar-refractivity contribution is 6.32. The first-order valence-corrected chi connectivity index (χ1v) is 5.58. The molecule has 0 bridgehead atoms. The number of benzene rings is 1. The standard InChI is InChI=1S/C12H13ClN2O/c1-9-3-4-11(10(13)7-9)16-8-12-14-5-2-6-15-12/h3-5,7H,2,6,8H2,1H3. The average molecular weight is 237 g/mol. The second-order valence-electron chi connectivity index (χ2n) is 3.62. The number of hydrogen-bond donors (Lipinski definition) is 0. The van der Waals surface area contributed by atoms with Crippen molar-refractivity contribution < 1.29 is 4.74 Å². The topological polar surface area (TPSA) is 34.0 Å². The van der Waals surface area contributed by atoms with Crippen LogP contribution < -0.4 is 4.74 Å². The largest absolute Gasteiger partial charge is 0.484 e. The zero-order valence-electron chi connectivity index (χ0n) is 9.11. The zero-order chi connectivity index (χ0) is 11.4. The van der Waals surface area contributed by atoms with Crippen LogP contribution >= 0.6 is 11.6 Å². The summed E-state index contributed by atoms with van der Waals surface area (Å²) < 4.78 is 5.55. The third kappa shape index (κ3) is 2.83. The fourth-order valence-electron chi connectivity index (χ4n) is 1.41. The quantitative estimate of drug-likeness (QED) is 0.795. The van der Waals surface area contributed by atoms with Crippen LogP contribution in [0.5, 0.6) is 5.75 Å². The Morgan fingerprint density at radius 3 is 3.00 bits per heavy atom. The summed E-state index contributed by atoms with van der Waals surface area (Å²) >= 11 is 6.04. The van der Waals surface area contributed by atoms with E-state index in [0.717, 1.165) is 24.4 Å². The zero-order valence-corrected chi connectivity index (χ0v) is 9.87. The normalized spacial score (nSPS) is 14.8. The molecule has 4 heteroatoms. The van der Waals surface area contributed by atoms with Crippen LogP contribution in [-0.4, -0.2) is 25.2 Å². The Morgan fingerprint density at radius 2 is 2.31 bits per heavy atom. The van der Waals surface area contributed by atoms with Gasteiger partial charge in [0.15, 0.2) is 5.84 Å². The van der Waals surface area contributed by atoms with E-state index in [4.69, 9.17) is 16.3 Å². The fraction of sp³-hybridized carbons (Fsp3) is 0.333. The molecule has 0 saturated carbocycles. The predicted octanol–water partition coefficient (Wildman–Crippen LogP) is 2.90. The van der Waals surface area contributed by atoms with Crippen molar-refractivity contribution in [1.82, 2.24) is 0 Å². The molecule has 0 spiro atoms. The smallest absolute Gasteiger partial charge is 0.161 e. The van der Waals surface area contributed by atoms with Gasteiger partial charge in [-0.2, -0.15) is 0 Å². The minimum absolute atomic E-state index is 0.374. The van der Waals surface area contributed by atoms with Gasteiger partial charge in [0.1, 0.15) is 12.4 Å². The lowest BCUT2D eigenvalue weighted by Gasteiger charge is -2.09. The highest BCUT2D eigenvalue weighted by Gasteiger charge is 2.05. The van der Waals surface area contributed by atoms with Crippen LogP contribution in [0.2, 0.25) is 5.02 Å². The van der Waals surface area contributed by atoms with E-state index in [1.54, 1.807) is 0 Å². The first kappa shape index (κ1) is 11.1. The average Bonchev–Trinajstić information content (AvgIpc) is 2.29. The van der Waals surface area contributed by atoms with Crippen LogP contribution in [0, 0.1) is 6.92 Å². The van der Waals surface area contributed by atoms with E-state index in [1.165, 1.54) is 0 Å². The monoisotopic (exact) mass is 236 g/mol. The Balaban J connectivity index is 1.99. The molecule has 1 aliphatic heterocycles. The molecule has 0 aliphatic carbocycles. The van der Waals surface area contributed by atoms with Crippen molar-refractivity contribution in [3.8, 4) is 5.75 Å². The summed E-state index contributed by atoms with van der Waals surface area (Å²) in [6.07, 6.45) is 2.78.